The number of aliphatic hydroxyl groups is 1. The summed E-state index contributed by atoms with van der Waals surface area (Å²) in [5.41, 5.74) is 0.759. The smallest absolute Gasteiger partial charge is 0.249 e. The van der Waals surface area contributed by atoms with Gasteiger partial charge in [-0.3, -0.25) is 0 Å². The molecule has 0 spiro atoms. The molecule has 0 radical (unpaired) electrons. The van der Waals surface area contributed by atoms with E-state index in [0.717, 1.165) is 5.69 Å². The van der Waals surface area contributed by atoms with Crippen molar-refractivity contribution in [2.24, 2.45) is 10.2 Å². The van der Waals surface area contributed by atoms with E-state index in [2.05, 4.69) is 15.2 Å². The second-order valence-electron chi connectivity index (χ2n) is 4.02. The molecule has 0 aliphatic heterocycles. The monoisotopic (exact) mass is 260 g/mol. The number of rotatable bonds is 6. The van der Waals surface area contributed by atoms with Crippen LogP contribution in [0.25, 0.3) is 0 Å². The first kappa shape index (κ1) is 13.4. The predicted molar refractivity (Wildman–Crippen MR) is 70.7 cm³/mol. The number of hydrogen-bond donors (Lipinski definition) is 1. The van der Waals surface area contributed by atoms with Crippen LogP contribution in [0.2, 0.25) is 0 Å². The third kappa shape index (κ3) is 3.97. The normalized spacial score (nSPS) is 12.9. The minimum absolute atomic E-state index is 0.271. The predicted octanol–water partition coefficient (Wildman–Crippen LogP) is 2.31. The molecule has 0 saturated carbocycles. The van der Waals surface area contributed by atoms with E-state index in [9.17, 15) is 5.11 Å². The van der Waals surface area contributed by atoms with E-state index in [1.165, 1.54) is 0 Å². The van der Waals surface area contributed by atoms with Gasteiger partial charge in [0.05, 0.1) is 24.9 Å². The third-order valence-electron chi connectivity index (χ3n) is 2.47. The maximum absolute atomic E-state index is 9.68. The summed E-state index contributed by atoms with van der Waals surface area (Å²) in [6, 6.07) is 9.42. The summed E-state index contributed by atoms with van der Waals surface area (Å²) in [6.07, 6.45) is 2.78. The van der Waals surface area contributed by atoms with Crippen molar-refractivity contribution in [3.8, 4) is 0 Å². The average molecular weight is 260 g/mol. The minimum Gasteiger partial charge on any atom is -0.389 e. The lowest BCUT2D eigenvalue weighted by Gasteiger charge is -2.10. The fraction of sp³-hybridized carbons (Fsp3) is 0.308. The maximum atomic E-state index is 9.68. The molecule has 1 atom stereocenters. The molecule has 1 heterocycles. The zero-order chi connectivity index (χ0) is 13.5. The number of aromatic nitrogens is 2. The van der Waals surface area contributed by atoms with E-state index in [-0.39, 0.29) is 6.61 Å². The lowest BCUT2D eigenvalue weighted by molar-refractivity contribution is 0.0539. The number of imidazole rings is 1. The van der Waals surface area contributed by atoms with Crippen molar-refractivity contribution in [1.29, 1.82) is 0 Å². The molecule has 1 N–H and O–H groups in total. The summed E-state index contributed by atoms with van der Waals surface area (Å²) in [7, 11) is 1.55. The summed E-state index contributed by atoms with van der Waals surface area (Å²) in [5.74, 6) is 0.457. The molecular formula is C13H16N4O2. The molecule has 19 heavy (non-hydrogen) atoms. The molecule has 1 aromatic carbocycles. The van der Waals surface area contributed by atoms with Crippen LogP contribution in [0.1, 0.15) is 0 Å². The van der Waals surface area contributed by atoms with Crippen molar-refractivity contribution in [2.75, 3.05) is 13.7 Å². The first-order valence-electron chi connectivity index (χ1n) is 5.94. The Morgan fingerprint density at radius 2 is 2.11 bits per heavy atom. The van der Waals surface area contributed by atoms with Crippen LogP contribution in [0, 0.1) is 0 Å². The van der Waals surface area contributed by atoms with Gasteiger partial charge in [0.2, 0.25) is 5.95 Å². The van der Waals surface area contributed by atoms with E-state index >= 15 is 0 Å². The zero-order valence-corrected chi connectivity index (χ0v) is 10.7. The highest BCUT2D eigenvalue weighted by atomic mass is 16.5. The second-order valence-corrected chi connectivity index (χ2v) is 4.02. The standard InChI is InChI=1S/C13H16N4O2/c1-19-10-12(18)9-17-8-7-14-13(17)16-15-11-5-3-2-4-6-11/h2-8,12,18H,9-10H2,1H3/t12-/m0/s1. The molecular weight excluding hydrogens is 244 g/mol. The van der Waals surface area contributed by atoms with Crippen molar-refractivity contribution in [3.63, 3.8) is 0 Å². The molecule has 0 aliphatic carbocycles. The van der Waals surface area contributed by atoms with Gasteiger partial charge in [-0.05, 0) is 12.1 Å². The van der Waals surface area contributed by atoms with Gasteiger partial charge in [0.25, 0.3) is 0 Å². The molecule has 0 aliphatic rings. The molecule has 2 aromatic rings. The van der Waals surface area contributed by atoms with Gasteiger partial charge in [0, 0.05) is 19.5 Å². The SMILES string of the molecule is COC[C@@H](O)Cn1ccnc1N=Nc1ccccc1. The van der Waals surface area contributed by atoms with E-state index in [0.29, 0.717) is 12.5 Å². The third-order valence-corrected chi connectivity index (χ3v) is 2.47. The summed E-state index contributed by atoms with van der Waals surface area (Å²) in [4.78, 5) is 4.10. The van der Waals surface area contributed by atoms with Gasteiger partial charge < -0.3 is 14.4 Å². The Bertz CT molecular complexity index is 524. The molecule has 6 heteroatoms. The van der Waals surface area contributed by atoms with Crippen molar-refractivity contribution in [3.05, 3.63) is 42.7 Å². The number of aliphatic hydroxyl groups excluding tert-OH is 1. The van der Waals surface area contributed by atoms with E-state index in [1.54, 1.807) is 24.1 Å². The van der Waals surface area contributed by atoms with Crippen LogP contribution < -0.4 is 0 Å². The highest BCUT2D eigenvalue weighted by molar-refractivity contribution is 5.35. The van der Waals surface area contributed by atoms with Crippen LogP contribution in [0.5, 0.6) is 0 Å². The number of ether oxygens (including phenoxy) is 1. The van der Waals surface area contributed by atoms with Crippen LogP contribution in [0.3, 0.4) is 0 Å². The molecule has 0 bridgehead atoms. The fourth-order valence-electron chi connectivity index (χ4n) is 1.62. The number of hydrogen-bond acceptors (Lipinski definition) is 5. The summed E-state index contributed by atoms with van der Waals surface area (Å²) < 4.78 is 6.62. The van der Waals surface area contributed by atoms with Crippen LogP contribution in [-0.4, -0.2) is 34.5 Å². The van der Waals surface area contributed by atoms with E-state index in [1.807, 2.05) is 30.3 Å². The average Bonchev–Trinajstić information content (AvgIpc) is 2.85. The largest absolute Gasteiger partial charge is 0.389 e. The van der Waals surface area contributed by atoms with Gasteiger partial charge in [0.15, 0.2) is 0 Å². The van der Waals surface area contributed by atoms with Crippen LogP contribution >= 0.6 is 0 Å². The molecule has 0 saturated heterocycles. The van der Waals surface area contributed by atoms with Gasteiger partial charge in [-0.2, -0.15) is 0 Å². The molecule has 0 unspecified atom stereocenters. The second kappa shape index (κ2) is 6.77. The Morgan fingerprint density at radius 1 is 1.32 bits per heavy atom. The number of nitrogens with zero attached hydrogens (tertiary/aromatic N) is 4. The Hall–Kier alpha value is -2.05. The highest BCUT2D eigenvalue weighted by Crippen LogP contribution is 2.16. The van der Waals surface area contributed by atoms with E-state index in [4.69, 9.17) is 4.74 Å². The Kier molecular flexibility index (Phi) is 4.77. The molecule has 0 fully saturated rings. The first-order chi connectivity index (χ1) is 9.29. The van der Waals surface area contributed by atoms with Gasteiger partial charge in [-0.25, -0.2) is 4.98 Å². The molecule has 6 nitrogen and oxygen atoms in total. The number of methoxy groups -OCH3 is 1. The van der Waals surface area contributed by atoms with Crippen molar-refractivity contribution >= 4 is 11.6 Å². The van der Waals surface area contributed by atoms with Crippen molar-refractivity contribution in [2.45, 2.75) is 12.6 Å². The number of benzene rings is 1. The Labute approximate surface area is 111 Å². The summed E-state index contributed by atoms with van der Waals surface area (Å²) >= 11 is 0. The summed E-state index contributed by atoms with van der Waals surface area (Å²) in [6.45, 7) is 0.643. The number of azo groups is 1. The summed E-state index contributed by atoms with van der Waals surface area (Å²) in [5, 5.41) is 17.9. The lowest BCUT2D eigenvalue weighted by Crippen LogP contribution is -2.20. The Balaban J connectivity index is 2.05. The van der Waals surface area contributed by atoms with Crippen LogP contribution in [0.4, 0.5) is 11.6 Å². The van der Waals surface area contributed by atoms with Crippen LogP contribution in [-0.2, 0) is 11.3 Å². The maximum Gasteiger partial charge on any atom is 0.249 e. The van der Waals surface area contributed by atoms with Gasteiger partial charge in [0.1, 0.15) is 0 Å². The van der Waals surface area contributed by atoms with Crippen molar-refractivity contribution < 1.29 is 9.84 Å². The van der Waals surface area contributed by atoms with Gasteiger partial charge >= 0.3 is 0 Å². The van der Waals surface area contributed by atoms with E-state index < -0.39 is 6.10 Å². The molecule has 1 aromatic heterocycles. The molecule has 0 amide bonds. The highest BCUT2D eigenvalue weighted by Gasteiger charge is 2.08. The fourth-order valence-corrected chi connectivity index (χ4v) is 1.62. The van der Waals surface area contributed by atoms with Gasteiger partial charge in [-0.1, -0.05) is 18.2 Å². The first-order valence-corrected chi connectivity index (χ1v) is 5.94. The van der Waals surface area contributed by atoms with Crippen molar-refractivity contribution in [1.82, 2.24) is 9.55 Å². The Morgan fingerprint density at radius 3 is 2.84 bits per heavy atom. The zero-order valence-electron chi connectivity index (χ0n) is 10.7. The van der Waals surface area contributed by atoms with Crippen LogP contribution in [0.15, 0.2) is 53.0 Å². The van der Waals surface area contributed by atoms with Gasteiger partial charge in [-0.15, -0.1) is 10.2 Å². The molecule has 100 valence electrons. The topological polar surface area (TPSA) is 72.0 Å². The molecule has 2 rings (SSSR count). The lowest BCUT2D eigenvalue weighted by atomic mass is 10.3. The minimum atomic E-state index is -0.593. The quantitative estimate of drug-likeness (QED) is 0.810.